The van der Waals surface area contributed by atoms with Crippen LogP contribution in [0, 0.1) is 0 Å². The molecule has 16 heavy (non-hydrogen) atoms. The summed E-state index contributed by atoms with van der Waals surface area (Å²) in [6.45, 7) is 4.94. The van der Waals surface area contributed by atoms with Crippen LogP contribution in [0.1, 0.15) is 26.3 Å². The van der Waals surface area contributed by atoms with E-state index in [0.717, 1.165) is 0 Å². The Labute approximate surface area is 94.7 Å². The summed E-state index contributed by atoms with van der Waals surface area (Å²) in [6, 6.07) is 8.72. The Hall–Kier alpha value is -1.39. The molecule has 1 atom stereocenters. The number of hydrogen-bond acceptors (Lipinski definition) is 4. The van der Waals surface area contributed by atoms with Crippen molar-refractivity contribution >= 4 is 5.97 Å². The van der Waals surface area contributed by atoms with Gasteiger partial charge >= 0.3 is 5.97 Å². The maximum Gasteiger partial charge on any atom is 0.346 e. The molecule has 0 saturated carbocycles. The van der Waals surface area contributed by atoms with Crippen LogP contribution in [0.4, 0.5) is 0 Å². The SMILES string of the molecule is CC(C)OC(=O)C(C)(OO)c1ccccc1. The molecule has 1 aromatic rings. The number of rotatable bonds is 4. The van der Waals surface area contributed by atoms with E-state index in [2.05, 4.69) is 4.89 Å². The zero-order valence-corrected chi connectivity index (χ0v) is 9.64. The van der Waals surface area contributed by atoms with E-state index in [9.17, 15) is 4.79 Å². The topological polar surface area (TPSA) is 55.8 Å². The quantitative estimate of drug-likeness (QED) is 0.484. The molecular weight excluding hydrogens is 208 g/mol. The highest BCUT2D eigenvalue weighted by Crippen LogP contribution is 2.26. The third-order valence-electron chi connectivity index (χ3n) is 2.24. The number of benzene rings is 1. The Morgan fingerprint density at radius 3 is 2.31 bits per heavy atom. The molecule has 88 valence electrons. The van der Waals surface area contributed by atoms with Crippen molar-refractivity contribution in [2.75, 3.05) is 0 Å². The summed E-state index contributed by atoms with van der Waals surface area (Å²) >= 11 is 0. The van der Waals surface area contributed by atoms with Crippen molar-refractivity contribution in [1.82, 2.24) is 0 Å². The molecule has 0 aliphatic heterocycles. The van der Waals surface area contributed by atoms with Crippen LogP contribution in [0.3, 0.4) is 0 Å². The first-order chi connectivity index (χ1) is 7.50. The van der Waals surface area contributed by atoms with Gasteiger partial charge in [-0.3, -0.25) is 5.26 Å². The molecule has 1 N–H and O–H groups in total. The maximum atomic E-state index is 11.8. The van der Waals surface area contributed by atoms with E-state index in [4.69, 9.17) is 9.99 Å². The van der Waals surface area contributed by atoms with Gasteiger partial charge in [0.25, 0.3) is 0 Å². The monoisotopic (exact) mass is 224 g/mol. The number of esters is 1. The summed E-state index contributed by atoms with van der Waals surface area (Å²) in [7, 11) is 0. The van der Waals surface area contributed by atoms with Gasteiger partial charge in [-0.1, -0.05) is 30.3 Å². The molecular formula is C12H16O4. The van der Waals surface area contributed by atoms with Gasteiger partial charge in [-0.05, 0) is 26.3 Å². The molecule has 0 amide bonds. The Morgan fingerprint density at radius 2 is 1.88 bits per heavy atom. The van der Waals surface area contributed by atoms with Crippen LogP contribution in [-0.2, 0) is 20.0 Å². The number of hydrogen-bond donors (Lipinski definition) is 1. The van der Waals surface area contributed by atoms with Crippen molar-refractivity contribution in [2.45, 2.75) is 32.5 Å². The van der Waals surface area contributed by atoms with Gasteiger partial charge in [0.1, 0.15) is 0 Å². The Balaban J connectivity index is 2.98. The lowest BCUT2D eigenvalue weighted by Crippen LogP contribution is -2.37. The molecule has 4 heteroatoms. The third-order valence-corrected chi connectivity index (χ3v) is 2.24. The van der Waals surface area contributed by atoms with Crippen LogP contribution in [0.5, 0.6) is 0 Å². The zero-order valence-electron chi connectivity index (χ0n) is 9.64. The smallest absolute Gasteiger partial charge is 0.346 e. The van der Waals surface area contributed by atoms with Crippen molar-refractivity contribution in [3.05, 3.63) is 35.9 Å². The lowest BCUT2D eigenvalue weighted by molar-refractivity contribution is -0.319. The van der Waals surface area contributed by atoms with Crippen molar-refractivity contribution in [2.24, 2.45) is 0 Å². The van der Waals surface area contributed by atoms with Crippen molar-refractivity contribution in [3.63, 3.8) is 0 Å². The average Bonchev–Trinajstić information content (AvgIpc) is 2.28. The molecule has 0 heterocycles. The lowest BCUT2D eigenvalue weighted by atomic mass is 9.96. The fourth-order valence-electron chi connectivity index (χ4n) is 1.29. The molecule has 0 saturated heterocycles. The molecule has 0 bridgehead atoms. The zero-order chi connectivity index (χ0) is 12.2. The fourth-order valence-corrected chi connectivity index (χ4v) is 1.29. The van der Waals surface area contributed by atoms with Crippen LogP contribution >= 0.6 is 0 Å². The summed E-state index contributed by atoms with van der Waals surface area (Å²) in [5.41, 5.74) is -0.936. The average molecular weight is 224 g/mol. The van der Waals surface area contributed by atoms with Gasteiger partial charge in [-0.2, -0.15) is 0 Å². The highest BCUT2D eigenvalue weighted by molar-refractivity contribution is 5.80. The van der Waals surface area contributed by atoms with E-state index < -0.39 is 11.6 Å². The molecule has 0 spiro atoms. The minimum Gasteiger partial charge on any atom is -0.460 e. The second kappa shape index (κ2) is 5.09. The first-order valence-electron chi connectivity index (χ1n) is 5.10. The van der Waals surface area contributed by atoms with E-state index in [1.807, 2.05) is 6.07 Å². The summed E-state index contributed by atoms with van der Waals surface area (Å²) in [5.74, 6) is -0.615. The molecule has 4 nitrogen and oxygen atoms in total. The molecule has 0 aliphatic rings. The maximum absolute atomic E-state index is 11.8. The molecule has 0 aromatic heterocycles. The first-order valence-corrected chi connectivity index (χ1v) is 5.10. The lowest BCUT2D eigenvalue weighted by Gasteiger charge is -2.25. The highest BCUT2D eigenvalue weighted by atomic mass is 17.1. The Morgan fingerprint density at radius 1 is 1.31 bits per heavy atom. The fraction of sp³-hybridized carbons (Fsp3) is 0.417. The summed E-state index contributed by atoms with van der Waals surface area (Å²) in [6.07, 6.45) is -0.259. The van der Waals surface area contributed by atoms with E-state index in [1.54, 1.807) is 38.1 Å². The van der Waals surface area contributed by atoms with Crippen molar-refractivity contribution in [1.29, 1.82) is 0 Å². The minimum atomic E-state index is -1.48. The second-order valence-electron chi connectivity index (χ2n) is 3.94. The van der Waals surface area contributed by atoms with Crippen molar-refractivity contribution < 1.29 is 19.7 Å². The van der Waals surface area contributed by atoms with Crippen LogP contribution < -0.4 is 0 Å². The van der Waals surface area contributed by atoms with E-state index >= 15 is 0 Å². The van der Waals surface area contributed by atoms with Gasteiger partial charge in [0.2, 0.25) is 5.60 Å². The van der Waals surface area contributed by atoms with Crippen LogP contribution in [-0.4, -0.2) is 17.3 Å². The largest absolute Gasteiger partial charge is 0.460 e. The molecule has 1 aromatic carbocycles. The first kappa shape index (κ1) is 12.7. The number of carbonyl (C=O) groups is 1. The van der Waals surface area contributed by atoms with Gasteiger partial charge < -0.3 is 4.74 Å². The minimum absolute atomic E-state index is 0.259. The van der Waals surface area contributed by atoms with Crippen LogP contribution in [0.15, 0.2) is 30.3 Å². The van der Waals surface area contributed by atoms with Gasteiger partial charge in [-0.15, -0.1) is 0 Å². The molecule has 1 rings (SSSR count). The predicted octanol–water partition coefficient (Wildman–Crippen LogP) is 2.34. The van der Waals surface area contributed by atoms with Crippen LogP contribution in [0.25, 0.3) is 0 Å². The van der Waals surface area contributed by atoms with Gasteiger partial charge in [0.15, 0.2) is 0 Å². The molecule has 0 fully saturated rings. The summed E-state index contributed by atoms with van der Waals surface area (Å²) < 4.78 is 5.04. The van der Waals surface area contributed by atoms with Crippen molar-refractivity contribution in [3.8, 4) is 0 Å². The van der Waals surface area contributed by atoms with Crippen LogP contribution in [0.2, 0.25) is 0 Å². The third kappa shape index (κ3) is 2.59. The number of ether oxygens (including phenoxy) is 1. The normalized spacial score (nSPS) is 14.6. The standard InChI is InChI=1S/C12H16O4/c1-9(2)15-11(13)12(3,16-14)10-7-5-4-6-8-10/h4-9,14H,1-3H3. The molecule has 0 aliphatic carbocycles. The second-order valence-corrected chi connectivity index (χ2v) is 3.94. The van der Waals surface area contributed by atoms with E-state index in [1.165, 1.54) is 6.92 Å². The Bertz CT molecular complexity index is 347. The summed E-state index contributed by atoms with van der Waals surface area (Å²) in [4.78, 5) is 16.1. The molecule has 0 radical (unpaired) electrons. The summed E-state index contributed by atoms with van der Waals surface area (Å²) in [5, 5.41) is 8.92. The predicted molar refractivity (Wildman–Crippen MR) is 58.7 cm³/mol. The van der Waals surface area contributed by atoms with E-state index in [0.29, 0.717) is 5.56 Å². The number of carbonyl (C=O) groups excluding carboxylic acids is 1. The van der Waals surface area contributed by atoms with Gasteiger partial charge in [0, 0.05) is 0 Å². The van der Waals surface area contributed by atoms with Gasteiger partial charge in [0.05, 0.1) is 6.10 Å². The Kier molecular flexibility index (Phi) is 4.04. The molecule has 1 unspecified atom stereocenters. The highest BCUT2D eigenvalue weighted by Gasteiger charge is 2.39. The van der Waals surface area contributed by atoms with Gasteiger partial charge in [-0.25, -0.2) is 9.68 Å². The van der Waals surface area contributed by atoms with E-state index in [-0.39, 0.29) is 6.10 Å².